The number of benzene rings is 3. The van der Waals surface area contributed by atoms with Gasteiger partial charge in [0.15, 0.2) is 0 Å². The van der Waals surface area contributed by atoms with Gasteiger partial charge in [-0.05, 0) is 49.7 Å². The van der Waals surface area contributed by atoms with E-state index >= 15 is 0 Å². The Kier molecular flexibility index (Phi) is 6.83. The van der Waals surface area contributed by atoms with Crippen LogP contribution in [0.3, 0.4) is 0 Å². The Morgan fingerprint density at radius 1 is 1.00 bits per heavy atom. The number of hydrogen-bond donors (Lipinski definition) is 1. The molecule has 0 saturated carbocycles. The number of likely N-dealkylation sites (tertiary alicyclic amines) is 2. The van der Waals surface area contributed by atoms with Gasteiger partial charge in [-0.3, -0.25) is 14.7 Å². The number of pyridine rings is 1. The number of amides is 1. The second-order valence-electron chi connectivity index (χ2n) is 10.4. The molecule has 0 spiro atoms. The molecule has 6 nitrogen and oxygen atoms in total. The van der Waals surface area contributed by atoms with Gasteiger partial charge in [0.2, 0.25) is 0 Å². The Hall–Kier alpha value is -4.11. The molecule has 1 aromatic heterocycles. The fourth-order valence-electron chi connectivity index (χ4n) is 5.78. The first kappa shape index (κ1) is 26.1. The molecule has 1 amide bonds. The first-order valence-electron chi connectivity index (χ1n) is 13.3. The lowest BCUT2D eigenvalue weighted by Gasteiger charge is -2.34. The predicted molar refractivity (Wildman–Crippen MR) is 148 cm³/mol. The van der Waals surface area contributed by atoms with Crippen LogP contribution in [0.15, 0.2) is 78.9 Å². The molecule has 0 radical (unpaired) electrons. The Morgan fingerprint density at radius 2 is 1.77 bits per heavy atom. The zero-order chi connectivity index (χ0) is 27.9. The Bertz CT molecular complexity index is 1540. The summed E-state index contributed by atoms with van der Waals surface area (Å²) in [6.07, 6.45) is -3.62. The predicted octanol–water partition coefficient (Wildman–Crippen LogP) is 6.28. The SMILES string of the molecule is Cc1cc(Nc2cc(OCCN3C[C@@H]4C[C@H]3CN4C(=O)c3ccccc3)cc(C(F)(F)F)c2)c2ccccc2n1. The van der Waals surface area contributed by atoms with Crippen molar-refractivity contribution in [1.29, 1.82) is 0 Å². The number of piperazine rings is 1. The van der Waals surface area contributed by atoms with E-state index in [1.54, 1.807) is 6.07 Å². The summed E-state index contributed by atoms with van der Waals surface area (Å²) < 4.78 is 47.2. The lowest BCUT2D eigenvalue weighted by Crippen LogP contribution is -2.49. The summed E-state index contributed by atoms with van der Waals surface area (Å²) in [6.45, 7) is 4.04. The second kappa shape index (κ2) is 10.5. The Balaban J connectivity index is 1.13. The molecule has 2 saturated heterocycles. The standard InChI is InChI=1S/C31H29F3N4O2/c1-20-13-29(27-9-5-6-10-28(27)35-20)36-23-14-22(31(32,33)34)15-26(16-23)40-12-11-37-18-25-17-24(37)19-38(25)30(39)21-7-3-2-4-8-21/h2-10,13-16,24-25H,11-12,17-19H2,1H3,(H,35,36)/t24-,25-/m0/s1. The van der Waals surface area contributed by atoms with Crippen molar-refractivity contribution in [3.63, 3.8) is 0 Å². The summed E-state index contributed by atoms with van der Waals surface area (Å²) >= 11 is 0. The molecule has 9 heteroatoms. The second-order valence-corrected chi connectivity index (χ2v) is 10.4. The van der Waals surface area contributed by atoms with E-state index in [0.29, 0.717) is 24.3 Å². The molecule has 1 N–H and O–H groups in total. The zero-order valence-corrected chi connectivity index (χ0v) is 22.0. The monoisotopic (exact) mass is 546 g/mol. The molecule has 2 fully saturated rings. The summed E-state index contributed by atoms with van der Waals surface area (Å²) in [4.78, 5) is 21.6. The van der Waals surface area contributed by atoms with Gasteiger partial charge in [0.25, 0.3) is 5.91 Å². The number of aryl methyl sites for hydroxylation is 1. The van der Waals surface area contributed by atoms with Gasteiger partial charge >= 0.3 is 6.18 Å². The Morgan fingerprint density at radius 3 is 2.52 bits per heavy atom. The van der Waals surface area contributed by atoms with Gasteiger partial charge in [0.1, 0.15) is 12.4 Å². The molecule has 6 rings (SSSR count). The topological polar surface area (TPSA) is 57.7 Å². The van der Waals surface area contributed by atoms with Gasteiger partial charge in [-0.2, -0.15) is 13.2 Å². The van der Waals surface area contributed by atoms with E-state index in [1.807, 2.05) is 72.5 Å². The molecule has 3 aromatic carbocycles. The van der Waals surface area contributed by atoms with E-state index < -0.39 is 11.7 Å². The van der Waals surface area contributed by atoms with Crippen LogP contribution in [0, 0.1) is 6.92 Å². The van der Waals surface area contributed by atoms with Crippen LogP contribution in [0.5, 0.6) is 5.75 Å². The number of alkyl halides is 3. The summed E-state index contributed by atoms with van der Waals surface area (Å²) in [5.41, 5.74) is 2.39. The number of ether oxygens (including phenoxy) is 1. The molecule has 0 aliphatic carbocycles. The number of rotatable bonds is 7. The minimum atomic E-state index is -4.52. The van der Waals surface area contributed by atoms with Gasteiger partial charge in [-0.25, -0.2) is 0 Å². The molecule has 2 bridgehead atoms. The minimum absolute atomic E-state index is 0.0464. The van der Waals surface area contributed by atoms with Crippen molar-refractivity contribution in [2.45, 2.75) is 31.6 Å². The number of hydrogen-bond acceptors (Lipinski definition) is 5. The highest BCUT2D eigenvalue weighted by atomic mass is 19.4. The van der Waals surface area contributed by atoms with Crippen molar-refractivity contribution >= 4 is 28.2 Å². The molecule has 3 heterocycles. The highest BCUT2D eigenvalue weighted by Gasteiger charge is 2.45. The van der Waals surface area contributed by atoms with E-state index in [2.05, 4.69) is 15.2 Å². The van der Waals surface area contributed by atoms with Crippen molar-refractivity contribution in [2.75, 3.05) is 31.6 Å². The smallest absolute Gasteiger partial charge is 0.416 e. The van der Waals surface area contributed by atoms with Gasteiger partial charge in [0, 0.05) is 65.8 Å². The number of aromatic nitrogens is 1. The number of carbonyl (C=O) groups excluding carboxylic acids is 1. The van der Waals surface area contributed by atoms with Gasteiger partial charge < -0.3 is 15.0 Å². The van der Waals surface area contributed by atoms with Crippen molar-refractivity contribution < 1.29 is 22.7 Å². The fraction of sp³-hybridized carbons (Fsp3) is 0.290. The molecule has 40 heavy (non-hydrogen) atoms. The van der Waals surface area contributed by atoms with Crippen molar-refractivity contribution in [3.05, 3.63) is 95.7 Å². The van der Waals surface area contributed by atoms with Crippen LogP contribution >= 0.6 is 0 Å². The normalized spacial score (nSPS) is 18.9. The van der Waals surface area contributed by atoms with Crippen LogP contribution in [-0.4, -0.2) is 59.0 Å². The molecule has 206 valence electrons. The number of halogens is 3. The first-order chi connectivity index (χ1) is 19.2. The van der Waals surface area contributed by atoms with Crippen LogP contribution in [-0.2, 0) is 6.18 Å². The van der Waals surface area contributed by atoms with E-state index in [0.717, 1.165) is 41.7 Å². The summed E-state index contributed by atoms with van der Waals surface area (Å²) in [5.74, 6) is 0.197. The van der Waals surface area contributed by atoms with Crippen LogP contribution in [0.2, 0.25) is 0 Å². The van der Waals surface area contributed by atoms with Crippen LogP contribution in [0.4, 0.5) is 24.5 Å². The third-order valence-electron chi connectivity index (χ3n) is 7.64. The third kappa shape index (κ3) is 5.34. The zero-order valence-electron chi connectivity index (χ0n) is 22.0. The van der Waals surface area contributed by atoms with E-state index in [4.69, 9.17) is 4.74 Å². The summed E-state index contributed by atoms with van der Waals surface area (Å²) in [7, 11) is 0. The van der Waals surface area contributed by atoms with Crippen molar-refractivity contribution in [3.8, 4) is 5.75 Å². The van der Waals surface area contributed by atoms with Gasteiger partial charge in [-0.1, -0.05) is 36.4 Å². The average molecular weight is 547 g/mol. The maximum Gasteiger partial charge on any atom is 0.416 e. The lowest BCUT2D eigenvalue weighted by atomic mass is 10.1. The molecule has 2 aliphatic heterocycles. The van der Waals surface area contributed by atoms with E-state index in [1.165, 1.54) is 0 Å². The maximum atomic E-state index is 13.8. The molecule has 2 aliphatic rings. The number of fused-ring (bicyclic) bond motifs is 3. The lowest BCUT2D eigenvalue weighted by molar-refractivity contribution is -0.137. The number of anilines is 2. The number of nitrogens with zero attached hydrogens (tertiary/aromatic N) is 3. The number of para-hydroxylation sites is 1. The van der Waals surface area contributed by atoms with E-state index in [-0.39, 0.29) is 36.0 Å². The molecular weight excluding hydrogens is 517 g/mol. The van der Waals surface area contributed by atoms with Crippen molar-refractivity contribution in [2.24, 2.45) is 0 Å². The highest BCUT2D eigenvalue weighted by molar-refractivity contribution is 5.95. The van der Waals surface area contributed by atoms with E-state index in [9.17, 15) is 18.0 Å². The molecule has 0 unspecified atom stereocenters. The quantitative estimate of drug-likeness (QED) is 0.296. The minimum Gasteiger partial charge on any atom is -0.492 e. The maximum absolute atomic E-state index is 13.8. The van der Waals surface area contributed by atoms with Crippen LogP contribution in [0.1, 0.15) is 28.0 Å². The highest BCUT2D eigenvalue weighted by Crippen LogP contribution is 2.36. The van der Waals surface area contributed by atoms with Crippen LogP contribution < -0.4 is 10.1 Å². The fourth-order valence-corrected chi connectivity index (χ4v) is 5.78. The van der Waals surface area contributed by atoms with Gasteiger partial charge in [0.05, 0.1) is 11.1 Å². The molecule has 4 aromatic rings. The summed E-state index contributed by atoms with van der Waals surface area (Å²) in [5, 5.41) is 3.97. The van der Waals surface area contributed by atoms with Crippen LogP contribution in [0.25, 0.3) is 10.9 Å². The molecular formula is C31H29F3N4O2. The van der Waals surface area contributed by atoms with Crippen molar-refractivity contribution in [1.82, 2.24) is 14.8 Å². The summed E-state index contributed by atoms with van der Waals surface area (Å²) in [6, 6.07) is 22.7. The number of carbonyl (C=O) groups is 1. The first-order valence-corrected chi connectivity index (χ1v) is 13.3. The average Bonchev–Trinajstić information content (AvgIpc) is 3.53. The molecule has 2 atom stereocenters. The largest absolute Gasteiger partial charge is 0.492 e. The third-order valence-corrected chi connectivity index (χ3v) is 7.64. The van der Waals surface area contributed by atoms with Gasteiger partial charge in [-0.15, -0.1) is 0 Å². The number of nitrogens with one attached hydrogen (secondary N) is 1. The Labute approximate surface area is 230 Å².